The molecule has 0 bridgehead atoms. The summed E-state index contributed by atoms with van der Waals surface area (Å²) in [6.07, 6.45) is 28.8. The number of aliphatic hydroxyl groups excluding tert-OH is 5. The fourth-order valence-corrected chi connectivity index (χ4v) is 8.56. The van der Waals surface area contributed by atoms with Gasteiger partial charge in [0.2, 0.25) is 0 Å². The van der Waals surface area contributed by atoms with E-state index < -0.39 is 89.6 Å². The molecule has 0 aromatic rings. The molecule has 0 aliphatic heterocycles. The van der Waals surface area contributed by atoms with Crippen molar-refractivity contribution in [2.45, 2.75) is 210 Å². The summed E-state index contributed by atoms with van der Waals surface area (Å²) in [5.74, 6) is -1.32. The van der Waals surface area contributed by atoms with Crippen LogP contribution in [-0.4, -0.2) is 114 Å². The van der Waals surface area contributed by atoms with E-state index in [1.54, 1.807) is 12.2 Å². The van der Waals surface area contributed by atoms with E-state index in [1.807, 2.05) is 36.5 Å². The first-order chi connectivity index (χ1) is 32.5. The molecule has 392 valence electrons. The Morgan fingerprint density at radius 3 is 1.72 bits per heavy atom. The number of phosphoric ester groups is 2. The molecule has 0 aromatic heterocycles. The first kappa shape index (κ1) is 63.4. The fourth-order valence-electron chi connectivity index (χ4n) is 7.02. The number of aliphatic hydroxyl groups is 5. The van der Waals surface area contributed by atoms with E-state index in [2.05, 4.69) is 42.7 Å². The average molecular weight is 1010 g/mol. The van der Waals surface area contributed by atoms with Crippen LogP contribution in [0.25, 0.3) is 0 Å². The van der Waals surface area contributed by atoms with Crippen LogP contribution in [-0.2, 0) is 41.8 Å². The van der Waals surface area contributed by atoms with Gasteiger partial charge in [0, 0.05) is 12.8 Å². The highest BCUT2D eigenvalue weighted by atomic mass is 31.2. The Hall–Kier alpha value is -2.60. The topological polar surface area (TPSA) is 276 Å². The van der Waals surface area contributed by atoms with Crippen LogP contribution in [0.3, 0.4) is 0 Å². The predicted molar refractivity (Wildman–Crippen MR) is 261 cm³/mol. The molecule has 68 heavy (non-hydrogen) atoms. The molecular formula is C49H84O17P2. The SMILES string of the molecule is CC/C=C\C/C=C\CC(O)/C=C/C=C\C/C=C\CCCC(=O)OC[C@H](COP(=O)(O)O[C@H]1C(O)C(O)C(O)[C@@H](OP(=O)(O)O)C1O)OC(=O)CCCCCCCCC/C=C\CCCCCCCC. The molecule has 1 saturated carbocycles. The van der Waals surface area contributed by atoms with E-state index in [1.165, 1.54) is 38.5 Å². The van der Waals surface area contributed by atoms with E-state index in [4.69, 9.17) is 18.5 Å². The van der Waals surface area contributed by atoms with E-state index in [0.29, 0.717) is 32.1 Å². The van der Waals surface area contributed by atoms with Crippen LogP contribution in [0.1, 0.15) is 162 Å². The Balaban J connectivity index is 2.64. The largest absolute Gasteiger partial charge is 0.472 e. The Morgan fingerprint density at radius 1 is 0.559 bits per heavy atom. The van der Waals surface area contributed by atoms with Gasteiger partial charge in [-0.15, -0.1) is 0 Å². The summed E-state index contributed by atoms with van der Waals surface area (Å²) in [4.78, 5) is 54.3. The number of esters is 2. The normalized spacial score (nSPS) is 22.3. The highest BCUT2D eigenvalue weighted by Crippen LogP contribution is 2.49. The number of phosphoric acid groups is 2. The predicted octanol–water partition coefficient (Wildman–Crippen LogP) is 8.59. The van der Waals surface area contributed by atoms with Crippen molar-refractivity contribution in [2.75, 3.05) is 13.2 Å². The highest BCUT2D eigenvalue weighted by molar-refractivity contribution is 7.47. The molecule has 6 unspecified atom stereocenters. The average Bonchev–Trinajstić information content (AvgIpc) is 3.29. The number of ether oxygens (including phenoxy) is 2. The molecule has 1 aliphatic carbocycles. The van der Waals surface area contributed by atoms with Crippen molar-refractivity contribution in [1.29, 1.82) is 0 Å². The van der Waals surface area contributed by atoms with E-state index in [9.17, 15) is 58.9 Å². The van der Waals surface area contributed by atoms with Crippen molar-refractivity contribution in [3.8, 4) is 0 Å². The third-order valence-electron chi connectivity index (χ3n) is 10.8. The van der Waals surface area contributed by atoms with Crippen LogP contribution >= 0.6 is 15.6 Å². The van der Waals surface area contributed by atoms with Gasteiger partial charge in [-0.05, 0) is 70.6 Å². The number of carbonyl (C=O) groups excluding carboxylic acids is 2. The minimum absolute atomic E-state index is 0.00666. The van der Waals surface area contributed by atoms with E-state index in [0.717, 1.165) is 64.2 Å². The smallest absolute Gasteiger partial charge is 0.462 e. The monoisotopic (exact) mass is 1010 g/mol. The Bertz CT molecular complexity index is 1610. The third kappa shape index (κ3) is 33.1. The lowest BCUT2D eigenvalue weighted by atomic mass is 9.85. The minimum Gasteiger partial charge on any atom is -0.462 e. The van der Waals surface area contributed by atoms with Gasteiger partial charge < -0.3 is 49.7 Å². The van der Waals surface area contributed by atoms with E-state index in [-0.39, 0.29) is 12.8 Å². The summed E-state index contributed by atoms with van der Waals surface area (Å²) < 4.78 is 49.3. The molecular weight excluding hydrogens is 922 g/mol. The third-order valence-corrected chi connectivity index (χ3v) is 12.3. The van der Waals surface area contributed by atoms with Crippen LogP contribution in [0.2, 0.25) is 0 Å². The zero-order valence-corrected chi connectivity index (χ0v) is 42.2. The van der Waals surface area contributed by atoms with Crippen LogP contribution in [0, 0.1) is 0 Å². The van der Waals surface area contributed by atoms with Crippen LogP contribution < -0.4 is 0 Å². The molecule has 1 rings (SSSR count). The summed E-state index contributed by atoms with van der Waals surface area (Å²) in [6, 6.07) is 0. The second-order valence-corrected chi connectivity index (χ2v) is 19.6. The molecule has 17 nitrogen and oxygen atoms in total. The molecule has 0 radical (unpaired) electrons. The second kappa shape index (κ2) is 39.1. The maximum Gasteiger partial charge on any atom is 0.472 e. The molecule has 0 heterocycles. The Labute approximate surface area is 404 Å². The van der Waals surface area contributed by atoms with Crippen molar-refractivity contribution < 1.29 is 82.0 Å². The number of unbranched alkanes of at least 4 members (excludes halogenated alkanes) is 14. The van der Waals surface area contributed by atoms with Gasteiger partial charge in [-0.1, -0.05) is 151 Å². The summed E-state index contributed by atoms with van der Waals surface area (Å²) in [5, 5.41) is 51.3. The quantitative estimate of drug-likeness (QED) is 0.00938. The summed E-state index contributed by atoms with van der Waals surface area (Å²) in [7, 11) is -10.7. The molecule has 1 aliphatic rings. The van der Waals surface area contributed by atoms with Gasteiger partial charge in [0.25, 0.3) is 0 Å². The van der Waals surface area contributed by atoms with Crippen LogP contribution in [0.4, 0.5) is 0 Å². The van der Waals surface area contributed by atoms with Gasteiger partial charge in [0.15, 0.2) is 6.10 Å². The fraction of sp³-hybridized carbons (Fsp3) is 0.714. The summed E-state index contributed by atoms with van der Waals surface area (Å²) in [5.41, 5.74) is 0. The van der Waals surface area contributed by atoms with Crippen molar-refractivity contribution in [3.05, 3.63) is 72.9 Å². The van der Waals surface area contributed by atoms with Crippen molar-refractivity contribution in [3.63, 3.8) is 0 Å². The highest BCUT2D eigenvalue weighted by Gasteiger charge is 2.54. The first-order valence-corrected chi connectivity index (χ1v) is 27.6. The molecule has 9 atom stereocenters. The van der Waals surface area contributed by atoms with Crippen molar-refractivity contribution >= 4 is 27.6 Å². The first-order valence-electron chi connectivity index (χ1n) is 24.6. The number of allylic oxidation sites excluding steroid dienone is 10. The van der Waals surface area contributed by atoms with Crippen molar-refractivity contribution in [2.24, 2.45) is 0 Å². The lowest BCUT2D eigenvalue weighted by molar-refractivity contribution is -0.216. The number of rotatable bonds is 40. The van der Waals surface area contributed by atoms with Gasteiger partial charge in [0.05, 0.1) is 12.7 Å². The molecule has 0 aromatic carbocycles. The van der Waals surface area contributed by atoms with Crippen LogP contribution in [0.15, 0.2) is 72.9 Å². The Morgan fingerprint density at radius 2 is 1.09 bits per heavy atom. The molecule has 8 N–H and O–H groups in total. The maximum atomic E-state index is 13.0. The van der Waals surface area contributed by atoms with Gasteiger partial charge >= 0.3 is 27.6 Å². The lowest BCUT2D eigenvalue weighted by Gasteiger charge is -2.43. The molecule has 1 fully saturated rings. The number of hydrogen-bond donors (Lipinski definition) is 8. The van der Waals surface area contributed by atoms with Gasteiger partial charge in [-0.2, -0.15) is 0 Å². The molecule has 19 heteroatoms. The number of carbonyl (C=O) groups is 2. The molecule has 0 spiro atoms. The zero-order chi connectivity index (χ0) is 50.5. The van der Waals surface area contributed by atoms with Gasteiger partial charge in [-0.3, -0.25) is 23.2 Å². The molecule has 0 saturated heterocycles. The summed E-state index contributed by atoms with van der Waals surface area (Å²) in [6.45, 7) is 2.87. The summed E-state index contributed by atoms with van der Waals surface area (Å²) >= 11 is 0. The van der Waals surface area contributed by atoms with Crippen LogP contribution in [0.5, 0.6) is 0 Å². The lowest BCUT2D eigenvalue weighted by Crippen LogP contribution is -2.64. The maximum absolute atomic E-state index is 13.0. The molecule has 0 amide bonds. The minimum atomic E-state index is -5.38. The van der Waals surface area contributed by atoms with Gasteiger partial charge in [-0.25, -0.2) is 9.13 Å². The van der Waals surface area contributed by atoms with Crippen molar-refractivity contribution in [1.82, 2.24) is 0 Å². The zero-order valence-electron chi connectivity index (χ0n) is 40.4. The Kier molecular flexibility index (Phi) is 36.4. The second-order valence-electron chi connectivity index (χ2n) is 17.0. The standard InChI is InChI=1S/C49H84O17P2/c1-3-5-7-9-11-12-13-14-15-16-17-18-19-20-25-29-33-37-43(52)64-41(39-63-68(60,61)66-49-46(55)44(53)45(54)48(47(49)56)65-67(57,58)59)38-62-42(51)36-32-28-24-22-21-23-27-31-35-40(50)34-30-26-10-8-6-4-2/h6,8,14-15,22-24,26-27,30-31,35,40-41,44-50,53-56H,3-5,7,9-13,16-21,25,28-29,32-34,36-39H2,1-2H3,(H,60,61)(H2,57,58,59)/b8-6-,15-14-,24-22-,27-23-,30-26-,35-31+/t40?,41-,44?,45?,46?,47?,48-,49+/m1/s1. The van der Waals surface area contributed by atoms with E-state index >= 15 is 0 Å². The van der Waals surface area contributed by atoms with Gasteiger partial charge in [0.1, 0.15) is 43.2 Å². The number of hydrogen-bond acceptors (Lipinski definition) is 14.